The van der Waals surface area contributed by atoms with Gasteiger partial charge in [-0.1, -0.05) is 17.8 Å². The average molecular weight is 361 g/mol. The monoisotopic (exact) mass is 361 g/mol. The highest BCUT2D eigenvalue weighted by Gasteiger charge is 2.34. The minimum absolute atomic E-state index is 0.00895. The quantitative estimate of drug-likeness (QED) is 0.540. The number of aromatic nitrogens is 5. The zero-order chi connectivity index (χ0) is 17.6. The number of aryl methyl sites for hydroxylation is 1. The van der Waals surface area contributed by atoms with Gasteiger partial charge in [-0.15, -0.1) is 5.10 Å². The van der Waals surface area contributed by atoms with Crippen molar-refractivity contribution in [3.05, 3.63) is 30.1 Å². The van der Waals surface area contributed by atoms with E-state index in [-0.39, 0.29) is 24.2 Å². The molecule has 3 heterocycles. The standard InChI is InChI=1S/C15H19N7O2S/c1-21-15(18-19-20-21)25-7-6-17-14(24)11-8-13(23)22(9-11)10-12-4-2-3-5-16-12/h2-5,11H,6-10H2,1H3,(H,17,24)/t11-/m0/s1. The number of hydrogen-bond donors (Lipinski definition) is 1. The van der Waals surface area contributed by atoms with Gasteiger partial charge in [0.25, 0.3) is 0 Å². The molecule has 1 aliphatic heterocycles. The lowest BCUT2D eigenvalue weighted by Crippen LogP contribution is -2.34. The summed E-state index contributed by atoms with van der Waals surface area (Å²) in [7, 11) is 1.77. The Morgan fingerprint density at radius 2 is 2.32 bits per heavy atom. The summed E-state index contributed by atoms with van der Waals surface area (Å²) in [6.07, 6.45) is 1.95. The molecule has 1 N–H and O–H groups in total. The summed E-state index contributed by atoms with van der Waals surface area (Å²) in [5.41, 5.74) is 0.825. The molecule has 0 aromatic carbocycles. The number of tetrazole rings is 1. The molecule has 1 fully saturated rings. The van der Waals surface area contributed by atoms with Crippen LogP contribution < -0.4 is 5.32 Å². The van der Waals surface area contributed by atoms with Gasteiger partial charge in [-0.2, -0.15) is 0 Å². The van der Waals surface area contributed by atoms with Crippen molar-refractivity contribution in [1.29, 1.82) is 0 Å². The van der Waals surface area contributed by atoms with Gasteiger partial charge in [0.15, 0.2) is 0 Å². The molecule has 0 bridgehead atoms. The first-order valence-corrected chi connectivity index (χ1v) is 8.92. The van der Waals surface area contributed by atoms with Crippen LogP contribution in [0.4, 0.5) is 0 Å². The van der Waals surface area contributed by atoms with Crippen LogP contribution in [-0.2, 0) is 23.2 Å². The molecular formula is C15H19N7O2S. The number of nitrogens with zero attached hydrogens (tertiary/aromatic N) is 6. The van der Waals surface area contributed by atoms with Gasteiger partial charge in [-0.3, -0.25) is 14.6 Å². The molecule has 1 saturated heterocycles. The molecule has 10 heteroatoms. The van der Waals surface area contributed by atoms with Gasteiger partial charge in [0.05, 0.1) is 18.2 Å². The first kappa shape index (κ1) is 17.3. The normalized spacial score (nSPS) is 17.1. The largest absolute Gasteiger partial charge is 0.355 e. The molecule has 2 aromatic rings. The highest BCUT2D eigenvalue weighted by molar-refractivity contribution is 7.99. The number of likely N-dealkylation sites (tertiary alicyclic amines) is 1. The van der Waals surface area contributed by atoms with E-state index < -0.39 is 0 Å². The zero-order valence-corrected chi connectivity index (χ0v) is 14.6. The molecule has 0 saturated carbocycles. The van der Waals surface area contributed by atoms with Crippen molar-refractivity contribution >= 4 is 23.6 Å². The van der Waals surface area contributed by atoms with Crippen LogP contribution in [0, 0.1) is 5.92 Å². The third-order valence-electron chi connectivity index (χ3n) is 3.88. The van der Waals surface area contributed by atoms with E-state index in [1.54, 1.807) is 22.8 Å². The smallest absolute Gasteiger partial charge is 0.225 e. The van der Waals surface area contributed by atoms with Crippen molar-refractivity contribution in [2.24, 2.45) is 13.0 Å². The zero-order valence-electron chi connectivity index (χ0n) is 13.8. The Kier molecular flexibility index (Phi) is 5.59. The fraction of sp³-hybridized carbons (Fsp3) is 0.467. The Morgan fingerprint density at radius 1 is 1.44 bits per heavy atom. The molecule has 3 rings (SSSR count). The number of carbonyl (C=O) groups excluding carboxylic acids is 2. The average Bonchev–Trinajstić information content (AvgIpc) is 3.18. The number of carbonyl (C=O) groups is 2. The molecule has 1 aliphatic rings. The SMILES string of the molecule is Cn1nnnc1SCCNC(=O)[C@H]1CC(=O)N(Cc2ccccn2)C1. The number of hydrogen-bond acceptors (Lipinski definition) is 7. The van der Waals surface area contributed by atoms with Gasteiger partial charge in [0, 0.05) is 38.5 Å². The Hall–Kier alpha value is -2.49. The summed E-state index contributed by atoms with van der Waals surface area (Å²) < 4.78 is 1.58. The number of rotatable bonds is 7. The van der Waals surface area contributed by atoms with Gasteiger partial charge in [-0.25, -0.2) is 4.68 Å². The Morgan fingerprint density at radius 3 is 3.04 bits per heavy atom. The Balaban J connectivity index is 1.42. The molecule has 0 radical (unpaired) electrons. The van der Waals surface area contributed by atoms with Crippen molar-refractivity contribution in [3.8, 4) is 0 Å². The second-order valence-electron chi connectivity index (χ2n) is 5.72. The third-order valence-corrected chi connectivity index (χ3v) is 4.89. The van der Waals surface area contributed by atoms with Crippen molar-refractivity contribution in [2.75, 3.05) is 18.8 Å². The molecule has 2 aromatic heterocycles. The molecule has 0 unspecified atom stereocenters. The van der Waals surface area contributed by atoms with Crippen LogP contribution in [0.5, 0.6) is 0 Å². The van der Waals surface area contributed by atoms with Gasteiger partial charge >= 0.3 is 0 Å². The predicted octanol–water partition coefficient (Wildman–Crippen LogP) is -0.138. The van der Waals surface area contributed by atoms with E-state index >= 15 is 0 Å². The van der Waals surface area contributed by atoms with Crippen LogP contribution in [0.1, 0.15) is 12.1 Å². The maximum atomic E-state index is 12.3. The van der Waals surface area contributed by atoms with E-state index in [1.165, 1.54) is 11.8 Å². The first-order chi connectivity index (χ1) is 12.1. The summed E-state index contributed by atoms with van der Waals surface area (Å²) in [5, 5.41) is 14.7. The second kappa shape index (κ2) is 8.06. The topological polar surface area (TPSA) is 106 Å². The van der Waals surface area contributed by atoms with Gasteiger partial charge in [0.1, 0.15) is 0 Å². The maximum absolute atomic E-state index is 12.3. The Labute approximate surface area is 149 Å². The second-order valence-corrected chi connectivity index (χ2v) is 6.78. The first-order valence-electron chi connectivity index (χ1n) is 7.94. The fourth-order valence-electron chi connectivity index (χ4n) is 2.59. The molecule has 9 nitrogen and oxygen atoms in total. The summed E-state index contributed by atoms with van der Waals surface area (Å²) in [6.45, 7) is 1.38. The van der Waals surface area contributed by atoms with Crippen LogP contribution in [0.2, 0.25) is 0 Å². The number of nitrogens with one attached hydrogen (secondary N) is 1. The van der Waals surface area contributed by atoms with Crippen LogP contribution >= 0.6 is 11.8 Å². The summed E-state index contributed by atoms with van der Waals surface area (Å²) in [6, 6.07) is 5.59. The van der Waals surface area contributed by atoms with Crippen molar-refractivity contribution in [3.63, 3.8) is 0 Å². The van der Waals surface area contributed by atoms with Gasteiger partial charge in [0.2, 0.25) is 17.0 Å². The number of thioether (sulfide) groups is 1. The lowest BCUT2D eigenvalue weighted by Gasteiger charge is -2.16. The highest BCUT2D eigenvalue weighted by Crippen LogP contribution is 2.20. The van der Waals surface area contributed by atoms with Crippen LogP contribution in [0.15, 0.2) is 29.6 Å². The summed E-state index contributed by atoms with van der Waals surface area (Å²) in [4.78, 5) is 30.3. The van der Waals surface area contributed by atoms with E-state index in [2.05, 4.69) is 25.8 Å². The lowest BCUT2D eigenvalue weighted by atomic mass is 10.1. The summed E-state index contributed by atoms with van der Waals surface area (Å²) >= 11 is 1.47. The number of amides is 2. The minimum Gasteiger partial charge on any atom is -0.355 e. The third kappa shape index (κ3) is 4.53. The van der Waals surface area contributed by atoms with E-state index in [9.17, 15) is 9.59 Å². The number of pyridine rings is 1. The Bertz CT molecular complexity index is 736. The molecule has 0 spiro atoms. The fourth-order valence-corrected chi connectivity index (χ4v) is 3.30. The highest BCUT2D eigenvalue weighted by atomic mass is 32.2. The van der Waals surface area contributed by atoms with E-state index in [0.717, 1.165) is 5.69 Å². The van der Waals surface area contributed by atoms with Crippen molar-refractivity contribution < 1.29 is 9.59 Å². The van der Waals surface area contributed by atoms with Crippen LogP contribution in [0.25, 0.3) is 0 Å². The van der Waals surface area contributed by atoms with Crippen LogP contribution in [0.3, 0.4) is 0 Å². The van der Waals surface area contributed by atoms with Crippen LogP contribution in [-0.4, -0.2) is 60.7 Å². The molecular weight excluding hydrogens is 342 g/mol. The molecule has 0 aliphatic carbocycles. The molecule has 2 amide bonds. The summed E-state index contributed by atoms with van der Waals surface area (Å²) in [5.74, 6) is 0.259. The lowest BCUT2D eigenvalue weighted by molar-refractivity contribution is -0.129. The van der Waals surface area contributed by atoms with E-state index in [0.29, 0.717) is 30.5 Å². The molecule has 1 atom stereocenters. The predicted molar refractivity (Wildman–Crippen MR) is 90.3 cm³/mol. The molecule has 25 heavy (non-hydrogen) atoms. The van der Waals surface area contributed by atoms with Crippen molar-refractivity contribution in [1.82, 2.24) is 35.4 Å². The van der Waals surface area contributed by atoms with E-state index in [1.807, 2.05) is 18.2 Å². The van der Waals surface area contributed by atoms with Crippen molar-refractivity contribution in [2.45, 2.75) is 18.1 Å². The van der Waals surface area contributed by atoms with Gasteiger partial charge in [-0.05, 0) is 22.6 Å². The van der Waals surface area contributed by atoms with Gasteiger partial charge < -0.3 is 10.2 Å². The maximum Gasteiger partial charge on any atom is 0.225 e. The minimum atomic E-state index is -0.308. The molecule has 132 valence electrons. The van der Waals surface area contributed by atoms with E-state index in [4.69, 9.17) is 0 Å².